The molecule has 5 heteroatoms. The molecule has 0 radical (unpaired) electrons. The molecule has 130 valence electrons. The van der Waals surface area contributed by atoms with Gasteiger partial charge in [0.25, 0.3) is 0 Å². The van der Waals surface area contributed by atoms with E-state index in [1.54, 1.807) is 23.1 Å². The molecule has 1 amide bonds. The summed E-state index contributed by atoms with van der Waals surface area (Å²) < 4.78 is 1.23. The molecule has 0 unspecified atom stereocenters. The van der Waals surface area contributed by atoms with E-state index in [9.17, 15) is 4.79 Å². The predicted octanol–water partition coefficient (Wildman–Crippen LogP) is 4.84. The number of thiazole rings is 1. The summed E-state index contributed by atoms with van der Waals surface area (Å²) in [6.07, 6.45) is 2.40. The van der Waals surface area contributed by atoms with E-state index in [-0.39, 0.29) is 5.91 Å². The van der Waals surface area contributed by atoms with Gasteiger partial charge in [-0.25, -0.2) is 4.98 Å². The summed E-state index contributed by atoms with van der Waals surface area (Å²) >= 11 is 3.47. The van der Waals surface area contributed by atoms with Crippen LogP contribution in [0.25, 0.3) is 10.2 Å². The highest BCUT2D eigenvalue weighted by molar-refractivity contribution is 7.99. The number of rotatable bonds is 8. The minimum absolute atomic E-state index is 0.129. The highest BCUT2D eigenvalue weighted by atomic mass is 32.2. The molecular formula is C20H22N2OS2. The summed E-state index contributed by atoms with van der Waals surface area (Å²) in [6.45, 7) is 2.79. The number of carbonyl (C=O) groups is 1. The summed E-state index contributed by atoms with van der Waals surface area (Å²) in [6, 6.07) is 16.6. The average molecular weight is 371 g/mol. The van der Waals surface area contributed by atoms with Gasteiger partial charge in [-0.2, -0.15) is 0 Å². The second kappa shape index (κ2) is 9.02. The quantitative estimate of drug-likeness (QED) is 0.456. The molecule has 0 atom stereocenters. The van der Waals surface area contributed by atoms with Crippen LogP contribution in [0, 0.1) is 6.92 Å². The first-order chi connectivity index (χ1) is 12.2. The zero-order chi connectivity index (χ0) is 17.5. The molecule has 3 rings (SSSR count). The van der Waals surface area contributed by atoms with Crippen LogP contribution in [0.2, 0.25) is 0 Å². The van der Waals surface area contributed by atoms with Crippen molar-refractivity contribution in [3.8, 4) is 0 Å². The highest BCUT2D eigenvalue weighted by Gasteiger charge is 2.04. The molecule has 0 aliphatic carbocycles. The van der Waals surface area contributed by atoms with Gasteiger partial charge in [0.05, 0.1) is 15.2 Å². The van der Waals surface area contributed by atoms with Crippen LogP contribution in [0.3, 0.4) is 0 Å². The molecule has 0 bridgehead atoms. The molecule has 1 aromatic heterocycles. The number of nitrogens with one attached hydrogen (secondary N) is 1. The summed E-state index contributed by atoms with van der Waals surface area (Å²) in [5.41, 5.74) is 2.33. The van der Waals surface area contributed by atoms with E-state index in [4.69, 9.17) is 0 Å². The Morgan fingerprint density at radius 2 is 1.96 bits per heavy atom. The highest BCUT2D eigenvalue weighted by Crippen LogP contribution is 2.22. The molecule has 3 nitrogen and oxygen atoms in total. The van der Waals surface area contributed by atoms with Gasteiger partial charge in [-0.3, -0.25) is 4.79 Å². The number of nitrogens with zero attached hydrogens (tertiary/aromatic N) is 1. The van der Waals surface area contributed by atoms with Crippen molar-refractivity contribution in [3.63, 3.8) is 0 Å². The number of aromatic nitrogens is 1. The van der Waals surface area contributed by atoms with E-state index in [1.807, 2.05) is 18.2 Å². The summed E-state index contributed by atoms with van der Waals surface area (Å²) in [7, 11) is 0. The Morgan fingerprint density at radius 3 is 2.76 bits per heavy atom. The molecule has 1 N–H and O–H groups in total. The van der Waals surface area contributed by atoms with Crippen molar-refractivity contribution >= 4 is 39.2 Å². The van der Waals surface area contributed by atoms with Gasteiger partial charge in [0.1, 0.15) is 0 Å². The van der Waals surface area contributed by atoms with Crippen molar-refractivity contribution in [3.05, 3.63) is 59.1 Å². The maximum Gasteiger partial charge on any atom is 0.220 e. The second-order valence-electron chi connectivity index (χ2n) is 5.94. The Labute approximate surface area is 156 Å². The number of carbonyl (C=O) groups excluding carboxylic acids is 1. The van der Waals surface area contributed by atoms with Gasteiger partial charge in [0.2, 0.25) is 5.91 Å². The Morgan fingerprint density at radius 1 is 1.16 bits per heavy atom. The fraction of sp³-hybridized carbons (Fsp3) is 0.300. The van der Waals surface area contributed by atoms with Gasteiger partial charge >= 0.3 is 0 Å². The third kappa shape index (κ3) is 5.58. The molecule has 0 spiro atoms. The van der Waals surface area contributed by atoms with Crippen molar-refractivity contribution in [2.75, 3.05) is 12.3 Å². The van der Waals surface area contributed by atoms with Crippen LogP contribution in [-0.4, -0.2) is 23.2 Å². The van der Waals surface area contributed by atoms with Crippen LogP contribution >= 0.6 is 23.1 Å². The van der Waals surface area contributed by atoms with Crippen molar-refractivity contribution in [2.24, 2.45) is 0 Å². The molecule has 0 saturated carbocycles. The van der Waals surface area contributed by atoms with Crippen LogP contribution in [0.1, 0.15) is 23.4 Å². The minimum Gasteiger partial charge on any atom is -0.356 e. The van der Waals surface area contributed by atoms with Crippen LogP contribution in [-0.2, 0) is 11.2 Å². The lowest BCUT2D eigenvalue weighted by Crippen LogP contribution is -2.24. The fourth-order valence-corrected chi connectivity index (χ4v) is 4.34. The number of hydrogen-bond acceptors (Lipinski definition) is 4. The monoisotopic (exact) mass is 370 g/mol. The van der Waals surface area contributed by atoms with E-state index >= 15 is 0 Å². The number of para-hydroxylation sites is 1. The third-order valence-electron chi connectivity index (χ3n) is 3.85. The first-order valence-electron chi connectivity index (χ1n) is 8.51. The molecule has 25 heavy (non-hydrogen) atoms. The van der Waals surface area contributed by atoms with Gasteiger partial charge in [0, 0.05) is 30.0 Å². The van der Waals surface area contributed by atoms with E-state index < -0.39 is 0 Å². The van der Waals surface area contributed by atoms with E-state index in [0.717, 1.165) is 29.1 Å². The van der Waals surface area contributed by atoms with E-state index in [1.165, 1.54) is 15.2 Å². The fourth-order valence-electron chi connectivity index (χ4n) is 2.48. The summed E-state index contributed by atoms with van der Waals surface area (Å²) in [5, 5.41) is 4.15. The molecule has 0 aliphatic rings. The number of benzene rings is 2. The van der Waals surface area contributed by atoms with Crippen molar-refractivity contribution in [1.82, 2.24) is 10.3 Å². The molecule has 0 aliphatic heterocycles. The minimum atomic E-state index is 0.129. The molecular weight excluding hydrogens is 348 g/mol. The number of hydrogen-bond donors (Lipinski definition) is 1. The average Bonchev–Trinajstić information content (AvgIpc) is 3.03. The van der Waals surface area contributed by atoms with Crippen molar-refractivity contribution in [2.45, 2.75) is 31.1 Å². The smallest absolute Gasteiger partial charge is 0.220 e. The molecule has 0 saturated heterocycles. The van der Waals surface area contributed by atoms with Crippen LogP contribution in [0.15, 0.2) is 53.4 Å². The zero-order valence-corrected chi connectivity index (χ0v) is 16.0. The molecule has 1 heterocycles. The standard InChI is InChI=1S/C20H22N2OS2/c1-15-8-10-16(11-9-15)24-14-12-19(23)21-13-4-7-20-22-17-5-2-3-6-18(17)25-20/h2-3,5-6,8-11H,4,7,12-14H2,1H3,(H,21,23). The zero-order valence-electron chi connectivity index (χ0n) is 14.3. The van der Waals surface area contributed by atoms with Gasteiger partial charge < -0.3 is 5.32 Å². The van der Waals surface area contributed by atoms with Crippen LogP contribution in [0.5, 0.6) is 0 Å². The SMILES string of the molecule is Cc1ccc(SCCC(=O)NCCCc2nc3ccccc3s2)cc1. The number of fused-ring (bicyclic) bond motifs is 1. The van der Waals surface area contributed by atoms with Crippen LogP contribution < -0.4 is 5.32 Å². The van der Waals surface area contributed by atoms with Gasteiger partial charge in [-0.05, 0) is 37.6 Å². The Balaban J connectivity index is 1.31. The topological polar surface area (TPSA) is 42.0 Å². The van der Waals surface area contributed by atoms with Gasteiger partial charge in [-0.1, -0.05) is 29.8 Å². The Bertz CT molecular complexity index is 794. The maximum atomic E-state index is 11.9. The van der Waals surface area contributed by atoms with Crippen molar-refractivity contribution < 1.29 is 4.79 Å². The summed E-state index contributed by atoms with van der Waals surface area (Å²) in [4.78, 5) is 17.7. The normalized spacial score (nSPS) is 10.9. The van der Waals surface area contributed by atoms with Gasteiger partial charge in [-0.15, -0.1) is 23.1 Å². The van der Waals surface area contributed by atoms with E-state index in [2.05, 4.69) is 47.6 Å². The van der Waals surface area contributed by atoms with Crippen LogP contribution in [0.4, 0.5) is 0 Å². The Hall–Kier alpha value is -1.85. The third-order valence-corrected chi connectivity index (χ3v) is 5.96. The predicted molar refractivity (Wildman–Crippen MR) is 107 cm³/mol. The largest absolute Gasteiger partial charge is 0.356 e. The Kier molecular flexibility index (Phi) is 6.48. The number of thioether (sulfide) groups is 1. The molecule has 0 fully saturated rings. The lowest BCUT2D eigenvalue weighted by Gasteiger charge is -2.05. The lowest BCUT2D eigenvalue weighted by molar-refractivity contribution is -0.120. The number of aryl methyl sites for hydroxylation is 2. The van der Waals surface area contributed by atoms with E-state index in [0.29, 0.717) is 13.0 Å². The van der Waals surface area contributed by atoms with Crippen molar-refractivity contribution in [1.29, 1.82) is 0 Å². The first kappa shape index (κ1) is 18.0. The van der Waals surface area contributed by atoms with Gasteiger partial charge in [0.15, 0.2) is 0 Å². The maximum absolute atomic E-state index is 11.9. The molecule has 2 aromatic carbocycles. The summed E-state index contributed by atoms with van der Waals surface area (Å²) in [5.74, 6) is 0.941. The lowest BCUT2D eigenvalue weighted by atomic mass is 10.2. The number of amides is 1. The molecule has 3 aromatic rings. The first-order valence-corrected chi connectivity index (χ1v) is 10.3. The second-order valence-corrected chi connectivity index (χ2v) is 8.22.